The lowest BCUT2D eigenvalue weighted by atomic mass is 10.2. The molecule has 17 heavy (non-hydrogen) atoms. The highest BCUT2D eigenvalue weighted by Gasteiger charge is 2.09. The van der Waals surface area contributed by atoms with Crippen LogP contribution in [0.15, 0.2) is 18.3 Å². The largest absolute Gasteiger partial charge is 0.303 e. The van der Waals surface area contributed by atoms with Crippen LogP contribution in [0, 0.1) is 5.82 Å². The van der Waals surface area contributed by atoms with E-state index in [-0.39, 0.29) is 5.78 Å². The third-order valence-electron chi connectivity index (χ3n) is 2.66. The summed E-state index contributed by atoms with van der Waals surface area (Å²) in [7, 11) is 0. The summed E-state index contributed by atoms with van der Waals surface area (Å²) < 4.78 is 12.6. The van der Waals surface area contributed by atoms with Gasteiger partial charge in [-0.1, -0.05) is 13.8 Å². The Hall–Kier alpha value is -1.29. The fourth-order valence-electron chi connectivity index (χ4n) is 1.67. The number of rotatable bonds is 7. The predicted octanol–water partition coefficient (Wildman–Crippen LogP) is 2.53. The number of hydrogen-bond acceptors (Lipinski definition) is 3. The van der Waals surface area contributed by atoms with Gasteiger partial charge in [0.2, 0.25) is 0 Å². The Morgan fingerprint density at radius 2 is 2.12 bits per heavy atom. The van der Waals surface area contributed by atoms with Crippen LogP contribution in [0.3, 0.4) is 0 Å². The monoisotopic (exact) mass is 238 g/mol. The molecule has 0 bridgehead atoms. The van der Waals surface area contributed by atoms with Crippen molar-refractivity contribution in [2.45, 2.75) is 26.7 Å². The van der Waals surface area contributed by atoms with Crippen LogP contribution in [-0.4, -0.2) is 35.3 Å². The maximum Gasteiger partial charge on any atom is 0.182 e. The normalized spacial score (nSPS) is 10.8. The average molecular weight is 238 g/mol. The topological polar surface area (TPSA) is 33.2 Å². The van der Waals surface area contributed by atoms with Crippen LogP contribution in [0.2, 0.25) is 0 Å². The van der Waals surface area contributed by atoms with Gasteiger partial charge in [0, 0.05) is 13.0 Å². The van der Waals surface area contributed by atoms with Crippen LogP contribution in [0.4, 0.5) is 4.39 Å². The van der Waals surface area contributed by atoms with Gasteiger partial charge in [0.05, 0.1) is 6.20 Å². The molecule has 4 heteroatoms. The summed E-state index contributed by atoms with van der Waals surface area (Å²) in [5.74, 6) is -0.442. The van der Waals surface area contributed by atoms with Gasteiger partial charge >= 0.3 is 0 Å². The number of Topliss-reactive ketones (excluding diaryl/α,β-unsaturated/α-hetero) is 1. The van der Waals surface area contributed by atoms with Crippen molar-refractivity contribution in [3.63, 3.8) is 0 Å². The zero-order chi connectivity index (χ0) is 12.7. The molecule has 1 heterocycles. The van der Waals surface area contributed by atoms with E-state index in [2.05, 4.69) is 23.7 Å². The number of pyridine rings is 1. The van der Waals surface area contributed by atoms with Gasteiger partial charge < -0.3 is 4.90 Å². The van der Waals surface area contributed by atoms with Gasteiger partial charge in [-0.25, -0.2) is 4.39 Å². The Labute approximate surface area is 102 Å². The second-order valence-corrected chi connectivity index (χ2v) is 3.97. The van der Waals surface area contributed by atoms with Gasteiger partial charge in [-0.15, -0.1) is 0 Å². The standard InChI is InChI=1S/C13H19FN2O/c1-3-8-16(4-2)9-7-13(17)12-6-5-11(14)10-15-12/h5-6,10H,3-4,7-9H2,1-2H3. The van der Waals surface area contributed by atoms with Crippen LogP contribution in [0.1, 0.15) is 37.2 Å². The summed E-state index contributed by atoms with van der Waals surface area (Å²) in [5, 5.41) is 0. The van der Waals surface area contributed by atoms with Gasteiger partial charge in [-0.2, -0.15) is 0 Å². The zero-order valence-corrected chi connectivity index (χ0v) is 10.4. The van der Waals surface area contributed by atoms with Crippen molar-refractivity contribution >= 4 is 5.78 Å². The molecule has 0 aliphatic rings. The Kier molecular flexibility index (Phi) is 5.77. The quantitative estimate of drug-likeness (QED) is 0.684. The Bertz CT molecular complexity index is 351. The predicted molar refractivity (Wildman–Crippen MR) is 65.5 cm³/mol. The molecule has 0 amide bonds. The molecule has 0 saturated heterocycles. The third-order valence-corrected chi connectivity index (χ3v) is 2.66. The molecular formula is C13H19FN2O. The number of halogens is 1. The molecule has 1 rings (SSSR count). The Morgan fingerprint density at radius 3 is 2.65 bits per heavy atom. The molecule has 94 valence electrons. The summed E-state index contributed by atoms with van der Waals surface area (Å²) in [4.78, 5) is 17.8. The van der Waals surface area contributed by atoms with Crippen molar-refractivity contribution in [2.75, 3.05) is 19.6 Å². The molecule has 1 aromatic rings. The van der Waals surface area contributed by atoms with Crippen molar-refractivity contribution < 1.29 is 9.18 Å². The minimum Gasteiger partial charge on any atom is -0.303 e. The van der Waals surface area contributed by atoms with Crippen LogP contribution in [-0.2, 0) is 0 Å². The highest BCUT2D eigenvalue weighted by Crippen LogP contribution is 2.03. The van der Waals surface area contributed by atoms with Gasteiger partial charge in [-0.05, 0) is 31.6 Å². The first kappa shape index (κ1) is 13.8. The smallest absolute Gasteiger partial charge is 0.182 e. The molecule has 3 nitrogen and oxygen atoms in total. The molecule has 0 aliphatic heterocycles. The Balaban J connectivity index is 2.46. The van der Waals surface area contributed by atoms with Crippen LogP contribution < -0.4 is 0 Å². The van der Waals surface area contributed by atoms with Crippen molar-refractivity contribution in [1.29, 1.82) is 0 Å². The molecule has 0 radical (unpaired) electrons. The maximum absolute atomic E-state index is 12.6. The second-order valence-electron chi connectivity index (χ2n) is 3.97. The molecule has 1 aromatic heterocycles. The number of ketones is 1. The first-order valence-electron chi connectivity index (χ1n) is 6.04. The average Bonchev–Trinajstić information content (AvgIpc) is 2.35. The zero-order valence-electron chi connectivity index (χ0n) is 10.4. The molecule has 0 unspecified atom stereocenters. The van der Waals surface area contributed by atoms with E-state index < -0.39 is 5.82 Å². The van der Waals surface area contributed by atoms with E-state index in [1.165, 1.54) is 12.1 Å². The lowest BCUT2D eigenvalue weighted by Crippen LogP contribution is -2.27. The minimum absolute atomic E-state index is 0.0282. The highest BCUT2D eigenvalue weighted by atomic mass is 19.1. The molecule has 0 atom stereocenters. The van der Waals surface area contributed by atoms with Crippen molar-refractivity contribution in [3.8, 4) is 0 Å². The first-order valence-corrected chi connectivity index (χ1v) is 6.04. The van der Waals surface area contributed by atoms with E-state index in [0.29, 0.717) is 12.1 Å². The van der Waals surface area contributed by atoms with Gasteiger partial charge in [0.25, 0.3) is 0 Å². The fraction of sp³-hybridized carbons (Fsp3) is 0.538. The molecule has 0 fully saturated rings. The highest BCUT2D eigenvalue weighted by molar-refractivity contribution is 5.94. The lowest BCUT2D eigenvalue weighted by Gasteiger charge is -2.18. The molecule has 0 aromatic carbocycles. The summed E-state index contributed by atoms with van der Waals surface area (Å²) in [5.41, 5.74) is 0.346. The Morgan fingerprint density at radius 1 is 1.35 bits per heavy atom. The van der Waals surface area contributed by atoms with E-state index in [9.17, 15) is 9.18 Å². The third kappa shape index (κ3) is 4.61. The van der Waals surface area contributed by atoms with Crippen LogP contribution in [0.25, 0.3) is 0 Å². The van der Waals surface area contributed by atoms with E-state index in [1.807, 2.05) is 0 Å². The number of aromatic nitrogens is 1. The maximum atomic E-state index is 12.6. The van der Waals surface area contributed by atoms with Gasteiger partial charge in [-0.3, -0.25) is 9.78 Å². The number of hydrogen-bond donors (Lipinski definition) is 0. The summed E-state index contributed by atoms with van der Waals surface area (Å²) in [6, 6.07) is 2.71. The van der Waals surface area contributed by atoms with Crippen LogP contribution >= 0.6 is 0 Å². The van der Waals surface area contributed by atoms with Crippen molar-refractivity contribution in [1.82, 2.24) is 9.88 Å². The number of nitrogens with zero attached hydrogens (tertiary/aromatic N) is 2. The molecule has 0 spiro atoms. The minimum atomic E-state index is -0.414. The van der Waals surface area contributed by atoms with E-state index in [0.717, 1.165) is 32.3 Å². The molecule has 0 N–H and O–H groups in total. The van der Waals surface area contributed by atoms with E-state index in [4.69, 9.17) is 0 Å². The van der Waals surface area contributed by atoms with E-state index in [1.54, 1.807) is 0 Å². The van der Waals surface area contributed by atoms with Crippen LogP contribution in [0.5, 0.6) is 0 Å². The molecule has 0 aliphatic carbocycles. The molecular weight excluding hydrogens is 219 g/mol. The number of carbonyl (C=O) groups is 1. The van der Waals surface area contributed by atoms with Crippen molar-refractivity contribution in [2.24, 2.45) is 0 Å². The van der Waals surface area contributed by atoms with Gasteiger partial charge in [0.1, 0.15) is 11.5 Å². The van der Waals surface area contributed by atoms with Gasteiger partial charge in [0.15, 0.2) is 5.78 Å². The summed E-state index contributed by atoms with van der Waals surface area (Å²) >= 11 is 0. The fourth-order valence-corrected chi connectivity index (χ4v) is 1.67. The molecule has 0 saturated carbocycles. The number of carbonyl (C=O) groups excluding carboxylic acids is 1. The summed E-state index contributed by atoms with van der Waals surface area (Å²) in [6.45, 7) is 6.88. The lowest BCUT2D eigenvalue weighted by molar-refractivity contribution is 0.0960. The summed E-state index contributed by atoms with van der Waals surface area (Å²) in [6.07, 6.45) is 2.60. The van der Waals surface area contributed by atoms with Crippen molar-refractivity contribution in [3.05, 3.63) is 29.8 Å². The second kappa shape index (κ2) is 7.12. The first-order chi connectivity index (χ1) is 8.17. The SMILES string of the molecule is CCCN(CC)CCC(=O)c1ccc(F)cn1. The van der Waals surface area contributed by atoms with E-state index >= 15 is 0 Å².